The lowest BCUT2D eigenvalue weighted by molar-refractivity contribution is -0.115. The molecule has 9 heteroatoms. The maximum atomic E-state index is 12.4. The second-order valence-electron chi connectivity index (χ2n) is 5.85. The molecule has 3 rings (SSSR count). The van der Waals surface area contributed by atoms with E-state index >= 15 is 0 Å². The fourth-order valence-electron chi connectivity index (χ4n) is 2.33. The lowest BCUT2D eigenvalue weighted by atomic mass is 10.2. The lowest BCUT2D eigenvalue weighted by Crippen LogP contribution is -2.22. The zero-order valence-electron chi connectivity index (χ0n) is 15.1. The first-order chi connectivity index (χ1) is 12.9. The Kier molecular flexibility index (Phi) is 5.60. The number of hydrogen-bond acceptors (Lipinski definition) is 6. The van der Waals surface area contributed by atoms with E-state index in [-0.39, 0.29) is 17.1 Å². The number of hydrogen-bond donors (Lipinski definition) is 2. The third-order valence-corrected chi connectivity index (χ3v) is 4.83. The first-order valence-electron chi connectivity index (χ1n) is 8.22. The molecule has 0 aliphatic carbocycles. The fourth-order valence-corrected chi connectivity index (χ4v) is 3.15. The van der Waals surface area contributed by atoms with Gasteiger partial charge in [0.2, 0.25) is 11.8 Å². The molecule has 140 valence electrons. The van der Waals surface area contributed by atoms with Gasteiger partial charge in [0.05, 0.1) is 11.5 Å². The van der Waals surface area contributed by atoms with Gasteiger partial charge in [-0.1, -0.05) is 11.8 Å². The van der Waals surface area contributed by atoms with Crippen molar-refractivity contribution in [1.29, 1.82) is 0 Å². The number of anilines is 2. The van der Waals surface area contributed by atoms with Gasteiger partial charge in [0.1, 0.15) is 0 Å². The third-order valence-electron chi connectivity index (χ3n) is 3.70. The molecule has 2 N–H and O–H groups in total. The molecule has 1 aromatic carbocycles. The Morgan fingerprint density at radius 2 is 1.78 bits per heavy atom. The molecule has 0 aliphatic heterocycles. The van der Waals surface area contributed by atoms with Crippen molar-refractivity contribution in [3.8, 4) is 11.6 Å². The highest BCUT2D eigenvalue weighted by atomic mass is 32.2. The molecule has 2 heterocycles. The number of carbonyl (C=O) groups excluding carboxylic acids is 2. The molecule has 0 unspecified atom stereocenters. The van der Waals surface area contributed by atoms with Gasteiger partial charge >= 0.3 is 0 Å². The summed E-state index contributed by atoms with van der Waals surface area (Å²) in [7, 11) is 1.82. The number of rotatable bonds is 6. The van der Waals surface area contributed by atoms with E-state index in [0.717, 1.165) is 0 Å². The van der Waals surface area contributed by atoms with Gasteiger partial charge in [-0.2, -0.15) is 0 Å². The predicted molar refractivity (Wildman–Crippen MR) is 103 cm³/mol. The summed E-state index contributed by atoms with van der Waals surface area (Å²) in [4.78, 5) is 23.5. The molecule has 0 saturated heterocycles. The molecular formula is C18H19N5O3S. The van der Waals surface area contributed by atoms with Gasteiger partial charge in [-0.15, -0.1) is 10.2 Å². The number of thioether (sulfide) groups is 1. The second kappa shape index (κ2) is 8.09. The summed E-state index contributed by atoms with van der Waals surface area (Å²) < 4.78 is 7.13. The summed E-state index contributed by atoms with van der Waals surface area (Å²) in [6, 6.07) is 10.5. The number of furan rings is 1. The molecule has 27 heavy (non-hydrogen) atoms. The van der Waals surface area contributed by atoms with E-state index in [4.69, 9.17) is 4.42 Å². The molecule has 3 aromatic rings. The average molecular weight is 385 g/mol. The molecule has 0 fully saturated rings. The summed E-state index contributed by atoms with van der Waals surface area (Å²) in [6.45, 7) is 3.24. The topological polar surface area (TPSA) is 102 Å². The van der Waals surface area contributed by atoms with E-state index in [1.807, 2.05) is 7.05 Å². The average Bonchev–Trinajstić information content (AvgIpc) is 3.27. The van der Waals surface area contributed by atoms with Crippen LogP contribution in [0.4, 0.5) is 11.4 Å². The quantitative estimate of drug-likeness (QED) is 0.632. The monoisotopic (exact) mass is 385 g/mol. The number of amides is 2. The first kappa shape index (κ1) is 18.7. The standard InChI is InChI=1S/C18H19N5O3S/c1-11(17(25)20-14-8-6-13(7-9-14)19-12(2)24)27-18-22-21-16(23(18)3)15-5-4-10-26-15/h4-11H,1-3H3,(H,19,24)(H,20,25)/t11-/m0/s1. The Bertz CT molecular complexity index is 935. The lowest BCUT2D eigenvalue weighted by Gasteiger charge is -2.12. The van der Waals surface area contributed by atoms with Crippen LogP contribution in [0.15, 0.2) is 52.2 Å². The highest BCUT2D eigenvalue weighted by molar-refractivity contribution is 8.00. The highest BCUT2D eigenvalue weighted by Gasteiger charge is 2.20. The van der Waals surface area contributed by atoms with Gasteiger partial charge in [0, 0.05) is 25.3 Å². The Labute approximate surface area is 160 Å². The van der Waals surface area contributed by atoms with Crippen molar-refractivity contribution in [1.82, 2.24) is 14.8 Å². The Hall–Kier alpha value is -3.07. The predicted octanol–water partition coefficient (Wildman–Crippen LogP) is 3.15. The summed E-state index contributed by atoms with van der Waals surface area (Å²) in [5, 5.41) is 14.0. The van der Waals surface area contributed by atoms with Crippen molar-refractivity contribution in [3.05, 3.63) is 42.7 Å². The SMILES string of the molecule is CC(=O)Nc1ccc(NC(=O)[C@H](C)Sc2nnc(-c3ccco3)n2C)cc1. The summed E-state index contributed by atoms with van der Waals surface area (Å²) in [5.41, 5.74) is 1.32. The van der Waals surface area contributed by atoms with Crippen LogP contribution in [0.5, 0.6) is 0 Å². The van der Waals surface area contributed by atoms with E-state index in [1.54, 1.807) is 54.2 Å². The van der Waals surface area contributed by atoms with Crippen LogP contribution in [0.3, 0.4) is 0 Å². The van der Waals surface area contributed by atoms with Crippen LogP contribution >= 0.6 is 11.8 Å². The number of benzene rings is 1. The van der Waals surface area contributed by atoms with Crippen LogP contribution in [0, 0.1) is 0 Å². The van der Waals surface area contributed by atoms with E-state index in [9.17, 15) is 9.59 Å². The number of nitrogens with one attached hydrogen (secondary N) is 2. The second-order valence-corrected chi connectivity index (χ2v) is 7.16. The largest absolute Gasteiger partial charge is 0.461 e. The molecule has 0 saturated carbocycles. The van der Waals surface area contributed by atoms with Crippen LogP contribution in [0.2, 0.25) is 0 Å². The van der Waals surface area contributed by atoms with Gasteiger partial charge in [-0.05, 0) is 43.3 Å². The molecule has 8 nitrogen and oxygen atoms in total. The molecule has 0 aliphatic rings. The van der Waals surface area contributed by atoms with Crippen LogP contribution in [-0.4, -0.2) is 31.8 Å². The molecular weight excluding hydrogens is 366 g/mol. The molecule has 0 spiro atoms. The van der Waals surface area contributed by atoms with Crippen LogP contribution in [-0.2, 0) is 16.6 Å². The number of carbonyl (C=O) groups is 2. The van der Waals surface area contributed by atoms with E-state index in [0.29, 0.717) is 28.1 Å². The Balaban J connectivity index is 1.62. The molecule has 1 atom stereocenters. The summed E-state index contributed by atoms with van der Waals surface area (Å²) in [5.74, 6) is 0.918. The maximum Gasteiger partial charge on any atom is 0.237 e. The Morgan fingerprint density at radius 1 is 1.11 bits per heavy atom. The van der Waals surface area contributed by atoms with E-state index in [2.05, 4.69) is 20.8 Å². The van der Waals surface area contributed by atoms with Gasteiger partial charge in [0.15, 0.2) is 16.7 Å². The van der Waals surface area contributed by atoms with Gasteiger partial charge in [-0.3, -0.25) is 9.59 Å². The minimum atomic E-state index is -0.382. The van der Waals surface area contributed by atoms with Crippen molar-refractivity contribution in [2.24, 2.45) is 7.05 Å². The Morgan fingerprint density at radius 3 is 2.37 bits per heavy atom. The van der Waals surface area contributed by atoms with Crippen LogP contribution in [0.1, 0.15) is 13.8 Å². The number of aromatic nitrogens is 3. The van der Waals surface area contributed by atoms with Gasteiger partial charge in [-0.25, -0.2) is 0 Å². The fraction of sp³-hybridized carbons (Fsp3) is 0.222. The molecule has 0 bridgehead atoms. The summed E-state index contributed by atoms with van der Waals surface area (Å²) in [6.07, 6.45) is 1.57. The number of nitrogens with zero attached hydrogens (tertiary/aromatic N) is 3. The molecule has 0 radical (unpaired) electrons. The molecule has 2 aromatic heterocycles. The maximum absolute atomic E-state index is 12.4. The zero-order chi connectivity index (χ0) is 19.4. The van der Waals surface area contributed by atoms with Crippen molar-refractivity contribution in [3.63, 3.8) is 0 Å². The van der Waals surface area contributed by atoms with Crippen LogP contribution < -0.4 is 10.6 Å². The van der Waals surface area contributed by atoms with E-state index < -0.39 is 0 Å². The van der Waals surface area contributed by atoms with Crippen molar-refractivity contribution >= 4 is 35.0 Å². The minimum absolute atomic E-state index is 0.144. The van der Waals surface area contributed by atoms with Crippen molar-refractivity contribution < 1.29 is 14.0 Å². The minimum Gasteiger partial charge on any atom is -0.461 e. The highest BCUT2D eigenvalue weighted by Crippen LogP contribution is 2.26. The van der Waals surface area contributed by atoms with Gasteiger partial charge < -0.3 is 19.6 Å². The normalized spacial score (nSPS) is 11.8. The summed E-state index contributed by atoms with van der Waals surface area (Å²) >= 11 is 1.31. The first-order valence-corrected chi connectivity index (χ1v) is 9.10. The zero-order valence-corrected chi connectivity index (χ0v) is 15.9. The van der Waals surface area contributed by atoms with E-state index in [1.165, 1.54) is 18.7 Å². The van der Waals surface area contributed by atoms with Crippen molar-refractivity contribution in [2.45, 2.75) is 24.3 Å². The van der Waals surface area contributed by atoms with Gasteiger partial charge in [0.25, 0.3) is 0 Å². The third kappa shape index (κ3) is 4.56. The van der Waals surface area contributed by atoms with Crippen LogP contribution in [0.25, 0.3) is 11.6 Å². The molecule has 2 amide bonds. The smallest absolute Gasteiger partial charge is 0.237 e. The van der Waals surface area contributed by atoms with Crippen molar-refractivity contribution in [2.75, 3.05) is 10.6 Å².